The summed E-state index contributed by atoms with van der Waals surface area (Å²) in [6.45, 7) is 12.6. The van der Waals surface area contributed by atoms with Crippen LogP contribution in [0.15, 0.2) is 72.9 Å². The Hall–Kier alpha value is -4.63. The summed E-state index contributed by atoms with van der Waals surface area (Å²) in [5.41, 5.74) is 4.95. The fourth-order valence-electron chi connectivity index (χ4n) is 6.16. The number of aryl methyl sites for hydroxylation is 2. The van der Waals surface area contributed by atoms with Crippen molar-refractivity contribution in [3.63, 3.8) is 0 Å². The fraction of sp³-hybridized carbons (Fsp3) is 0.378. The first-order valence-corrected chi connectivity index (χ1v) is 16.4. The van der Waals surface area contributed by atoms with Crippen LogP contribution >= 0.6 is 0 Å². The van der Waals surface area contributed by atoms with Gasteiger partial charge in [0, 0.05) is 55.5 Å². The summed E-state index contributed by atoms with van der Waals surface area (Å²) >= 11 is 0. The van der Waals surface area contributed by atoms with Crippen molar-refractivity contribution < 1.29 is 14.3 Å². The molecule has 1 aliphatic heterocycles. The van der Waals surface area contributed by atoms with Gasteiger partial charge in [-0.25, -0.2) is 4.98 Å². The van der Waals surface area contributed by atoms with Crippen molar-refractivity contribution in [2.45, 2.75) is 65.5 Å². The van der Waals surface area contributed by atoms with Gasteiger partial charge in [-0.3, -0.25) is 9.69 Å². The lowest BCUT2D eigenvalue weighted by Gasteiger charge is -2.38. The second-order valence-corrected chi connectivity index (χ2v) is 12.5. The molecule has 1 aromatic heterocycles. The number of para-hydroxylation sites is 3. The van der Waals surface area contributed by atoms with Crippen molar-refractivity contribution in [1.82, 2.24) is 14.9 Å². The first-order valence-electron chi connectivity index (χ1n) is 16.4. The van der Waals surface area contributed by atoms with E-state index in [0.717, 1.165) is 74.4 Å². The summed E-state index contributed by atoms with van der Waals surface area (Å²) in [7, 11) is 0. The predicted molar refractivity (Wildman–Crippen MR) is 184 cm³/mol. The molecule has 2 N–H and O–H groups in total. The second kappa shape index (κ2) is 14.2. The number of carbonyl (C=O) groups excluding carboxylic acids is 1. The number of carbonyl (C=O) groups is 1. The van der Waals surface area contributed by atoms with Crippen molar-refractivity contribution in [1.29, 1.82) is 0 Å². The summed E-state index contributed by atoms with van der Waals surface area (Å²) in [6, 6.07) is 22.3. The maximum atomic E-state index is 13.7. The maximum Gasteiger partial charge on any atom is 0.262 e. The van der Waals surface area contributed by atoms with Crippen molar-refractivity contribution in [3.05, 3.63) is 89.6 Å². The largest absolute Gasteiger partial charge is 0.487 e. The predicted octanol–water partition coefficient (Wildman–Crippen LogP) is 7.73. The second-order valence-electron chi connectivity index (χ2n) is 12.5. The van der Waals surface area contributed by atoms with E-state index in [1.807, 2.05) is 68.4 Å². The van der Waals surface area contributed by atoms with E-state index in [0.29, 0.717) is 23.5 Å². The van der Waals surface area contributed by atoms with Crippen LogP contribution in [-0.4, -0.2) is 59.1 Å². The molecule has 2 fully saturated rings. The monoisotopic (exact) mass is 620 g/mol. The third kappa shape index (κ3) is 7.42. The summed E-state index contributed by atoms with van der Waals surface area (Å²) in [5, 5.41) is 6.35. The van der Waals surface area contributed by atoms with E-state index >= 15 is 0 Å². The smallest absolute Gasteiger partial charge is 0.262 e. The molecule has 9 heteroatoms. The molecule has 1 saturated carbocycles. The van der Waals surface area contributed by atoms with E-state index in [-0.39, 0.29) is 23.5 Å². The van der Waals surface area contributed by atoms with Gasteiger partial charge in [-0.05, 0) is 101 Å². The average Bonchev–Trinajstić information content (AvgIpc) is 3.57. The van der Waals surface area contributed by atoms with Gasteiger partial charge in [0.15, 0.2) is 11.5 Å². The van der Waals surface area contributed by atoms with E-state index in [9.17, 15) is 4.79 Å². The van der Waals surface area contributed by atoms with E-state index < -0.39 is 0 Å². The van der Waals surface area contributed by atoms with Crippen LogP contribution in [0, 0.1) is 13.8 Å². The van der Waals surface area contributed by atoms with Crippen LogP contribution in [0.4, 0.5) is 23.0 Å². The number of rotatable bonds is 10. The van der Waals surface area contributed by atoms with E-state index in [1.54, 1.807) is 0 Å². The Labute approximate surface area is 272 Å². The third-order valence-electron chi connectivity index (χ3n) is 8.90. The minimum Gasteiger partial charge on any atom is -0.487 e. The minimum atomic E-state index is -0.352. The van der Waals surface area contributed by atoms with Gasteiger partial charge in [-0.1, -0.05) is 30.3 Å². The number of hydrogen-bond donors (Lipinski definition) is 2. The number of anilines is 4. The molecule has 2 aliphatic rings. The normalized spacial score (nSPS) is 15.6. The highest BCUT2D eigenvalue weighted by Crippen LogP contribution is 2.36. The Balaban J connectivity index is 1.24. The van der Waals surface area contributed by atoms with Gasteiger partial charge >= 0.3 is 0 Å². The highest BCUT2D eigenvalue weighted by molar-refractivity contribution is 6.06. The van der Waals surface area contributed by atoms with Crippen LogP contribution < -0.4 is 25.0 Å². The lowest BCUT2D eigenvalue weighted by molar-refractivity contribution is 0.102. The molecule has 240 valence electrons. The Bertz CT molecular complexity index is 1620. The van der Waals surface area contributed by atoms with Gasteiger partial charge in [0.05, 0.1) is 6.10 Å². The van der Waals surface area contributed by atoms with Crippen LogP contribution in [0.5, 0.6) is 17.4 Å². The van der Waals surface area contributed by atoms with Crippen LogP contribution in [0.2, 0.25) is 0 Å². The molecule has 3 aromatic carbocycles. The van der Waals surface area contributed by atoms with Crippen LogP contribution in [0.25, 0.3) is 0 Å². The molecule has 2 heterocycles. The Morgan fingerprint density at radius 2 is 1.54 bits per heavy atom. The SMILES string of the molecule is Cc1cccc(C)c1NC(=O)c1cnc(Nc2ccc(N3CCN(C(C)C)CC3)cc2)nc1Oc1ccccc1OC1CCCC1. The molecular formula is C37H44N6O3. The number of benzene rings is 3. The summed E-state index contributed by atoms with van der Waals surface area (Å²) in [6.07, 6.45) is 6.02. The Kier molecular flexibility index (Phi) is 9.68. The molecular weight excluding hydrogens is 576 g/mol. The van der Waals surface area contributed by atoms with Gasteiger partial charge < -0.3 is 25.0 Å². The molecule has 46 heavy (non-hydrogen) atoms. The molecule has 6 rings (SSSR count). The first-order chi connectivity index (χ1) is 22.3. The molecule has 4 aromatic rings. The average molecular weight is 621 g/mol. The first kappa shape index (κ1) is 31.4. The molecule has 1 amide bonds. The highest BCUT2D eigenvalue weighted by atomic mass is 16.5. The van der Waals surface area contributed by atoms with Gasteiger partial charge in [-0.2, -0.15) is 4.98 Å². The van der Waals surface area contributed by atoms with Crippen molar-refractivity contribution in [2.75, 3.05) is 41.7 Å². The fourth-order valence-corrected chi connectivity index (χ4v) is 6.16. The lowest BCUT2D eigenvalue weighted by Crippen LogP contribution is -2.48. The number of nitrogens with one attached hydrogen (secondary N) is 2. The van der Waals surface area contributed by atoms with Crippen molar-refractivity contribution >= 4 is 28.9 Å². The number of nitrogens with zero attached hydrogens (tertiary/aromatic N) is 4. The van der Waals surface area contributed by atoms with Crippen molar-refractivity contribution in [2.24, 2.45) is 0 Å². The summed E-state index contributed by atoms with van der Waals surface area (Å²) in [4.78, 5) is 27.8. The molecule has 0 spiro atoms. The van der Waals surface area contributed by atoms with Crippen LogP contribution in [-0.2, 0) is 0 Å². The number of amides is 1. The molecule has 1 saturated heterocycles. The molecule has 0 bridgehead atoms. The number of piperazine rings is 1. The Morgan fingerprint density at radius 1 is 0.870 bits per heavy atom. The third-order valence-corrected chi connectivity index (χ3v) is 8.90. The zero-order chi connectivity index (χ0) is 32.0. The highest BCUT2D eigenvalue weighted by Gasteiger charge is 2.23. The van der Waals surface area contributed by atoms with Gasteiger partial charge in [-0.15, -0.1) is 0 Å². The zero-order valence-electron chi connectivity index (χ0n) is 27.3. The van der Waals surface area contributed by atoms with E-state index in [2.05, 4.69) is 51.4 Å². The van der Waals surface area contributed by atoms with Crippen LogP contribution in [0.3, 0.4) is 0 Å². The molecule has 0 radical (unpaired) electrons. The van der Waals surface area contributed by atoms with E-state index in [4.69, 9.17) is 14.5 Å². The van der Waals surface area contributed by atoms with Gasteiger partial charge in [0.2, 0.25) is 11.8 Å². The summed E-state index contributed by atoms with van der Waals surface area (Å²) in [5.74, 6) is 1.25. The lowest BCUT2D eigenvalue weighted by atomic mass is 10.1. The van der Waals surface area contributed by atoms with Crippen LogP contribution in [0.1, 0.15) is 61.0 Å². The molecule has 0 unspecified atom stereocenters. The number of aromatic nitrogens is 2. The molecule has 9 nitrogen and oxygen atoms in total. The minimum absolute atomic E-state index is 0.142. The van der Waals surface area contributed by atoms with Crippen molar-refractivity contribution in [3.8, 4) is 17.4 Å². The number of hydrogen-bond acceptors (Lipinski definition) is 8. The zero-order valence-corrected chi connectivity index (χ0v) is 27.3. The quantitative estimate of drug-likeness (QED) is 0.186. The standard InChI is InChI=1S/C37H44N6O3/c1-25(2)42-20-22-43(23-21-42)29-18-16-28(17-19-29)39-37-38-24-31(35(44)40-34-26(3)10-9-11-27(34)4)36(41-37)46-33-15-8-7-14-32(33)45-30-12-5-6-13-30/h7-11,14-19,24-25,30H,5-6,12-13,20-23H2,1-4H3,(H,40,44)(H,38,39,41). The number of ether oxygens (including phenoxy) is 2. The Morgan fingerprint density at radius 3 is 2.22 bits per heavy atom. The molecule has 0 atom stereocenters. The topological polar surface area (TPSA) is 91.9 Å². The van der Waals surface area contributed by atoms with E-state index in [1.165, 1.54) is 11.9 Å². The van der Waals surface area contributed by atoms with Gasteiger partial charge in [0.1, 0.15) is 5.56 Å². The maximum absolute atomic E-state index is 13.7. The molecule has 1 aliphatic carbocycles. The summed E-state index contributed by atoms with van der Waals surface area (Å²) < 4.78 is 12.7. The van der Waals surface area contributed by atoms with Gasteiger partial charge in [0.25, 0.3) is 5.91 Å².